The highest BCUT2D eigenvalue weighted by Gasteiger charge is 2.38. The molecule has 1 amide bonds. The lowest BCUT2D eigenvalue weighted by molar-refractivity contribution is -0.114. The number of anilines is 1. The van der Waals surface area contributed by atoms with Gasteiger partial charge >= 0.3 is 0 Å². The van der Waals surface area contributed by atoms with Gasteiger partial charge in [-0.2, -0.15) is 0 Å². The van der Waals surface area contributed by atoms with Crippen LogP contribution in [0.2, 0.25) is 0 Å². The number of carbonyl (C=O) groups is 1. The van der Waals surface area contributed by atoms with Gasteiger partial charge in [-0.3, -0.25) is 9.69 Å². The summed E-state index contributed by atoms with van der Waals surface area (Å²) in [4.78, 5) is 16.0. The Hall–Kier alpha value is -3.38. The van der Waals surface area contributed by atoms with Gasteiger partial charge in [-0.25, -0.2) is 0 Å². The molecule has 0 bridgehead atoms. The summed E-state index contributed by atoms with van der Waals surface area (Å²) in [6.45, 7) is 0. The molecule has 1 aliphatic rings. The van der Waals surface area contributed by atoms with Crippen LogP contribution in [0.25, 0.3) is 6.08 Å². The maximum absolute atomic E-state index is 13.5. The first-order valence-corrected chi connectivity index (χ1v) is 10.7. The van der Waals surface area contributed by atoms with E-state index in [0.29, 0.717) is 22.2 Å². The van der Waals surface area contributed by atoms with Gasteiger partial charge in [-0.1, -0.05) is 60.3 Å². The summed E-state index contributed by atoms with van der Waals surface area (Å²) < 4.78 is 16.3. The standard InChI is InChI=1S/C25H23NO4S/c1-28-20-14-17(15-21(29-2)23(20)30-3)16-22-24(27)26(19-12-8-5-9-13-19)25(31-22)18-10-6-4-7-11-18/h4-16,25H,1-3H3/b22-16-. The Balaban J connectivity index is 1.78. The lowest BCUT2D eigenvalue weighted by Crippen LogP contribution is -2.27. The third-order valence-electron chi connectivity index (χ3n) is 5.01. The lowest BCUT2D eigenvalue weighted by atomic mass is 10.1. The maximum atomic E-state index is 13.5. The molecule has 0 aromatic heterocycles. The smallest absolute Gasteiger partial charge is 0.266 e. The Bertz CT molecular complexity index is 1070. The van der Waals surface area contributed by atoms with Crippen molar-refractivity contribution >= 4 is 29.4 Å². The molecule has 0 spiro atoms. The van der Waals surface area contributed by atoms with Crippen molar-refractivity contribution in [2.75, 3.05) is 26.2 Å². The zero-order chi connectivity index (χ0) is 21.8. The van der Waals surface area contributed by atoms with E-state index in [9.17, 15) is 4.79 Å². The number of hydrogen-bond acceptors (Lipinski definition) is 5. The molecule has 1 atom stereocenters. The minimum Gasteiger partial charge on any atom is -0.493 e. The van der Waals surface area contributed by atoms with Crippen molar-refractivity contribution in [2.24, 2.45) is 0 Å². The quantitative estimate of drug-likeness (QED) is 0.478. The second-order valence-corrected chi connectivity index (χ2v) is 7.98. The molecule has 4 rings (SSSR count). The van der Waals surface area contributed by atoms with Gasteiger partial charge in [0, 0.05) is 5.69 Å². The van der Waals surface area contributed by atoms with Gasteiger partial charge in [-0.15, -0.1) is 0 Å². The number of methoxy groups -OCH3 is 3. The number of amides is 1. The minimum atomic E-state index is -0.149. The van der Waals surface area contributed by atoms with Crippen LogP contribution in [0.1, 0.15) is 16.5 Å². The summed E-state index contributed by atoms with van der Waals surface area (Å²) in [7, 11) is 4.72. The minimum absolute atomic E-state index is 0.0428. The van der Waals surface area contributed by atoms with Gasteiger partial charge in [0.1, 0.15) is 5.37 Å². The predicted octanol–water partition coefficient (Wildman–Crippen LogP) is 5.53. The normalized spacial score (nSPS) is 17.1. The van der Waals surface area contributed by atoms with Crippen LogP contribution in [-0.2, 0) is 4.79 Å². The molecule has 1 saturated heterocycles. The molecule has 6 heteroatoms. The summed E-state index contributed by atoms with van der Waals surface area (Å²) in [5, 5.41) is -0.149. The zero-order valence-corrected chi connectivity index (χ0v) is 18.4. The lowest BCUT2D eigenvalue weighted by Gasteiger charge is -2.23. The van der Waals surface area contributed by atoms with Gasteiger partial charge in [0.25, 0.3) is 5.91 Å². The molecule has 31 heavy (non-hydrogen) atoms. The van der Waals surface area contributed by atoms with Gasteiger partial charge in [0.05, 0.1) is 26.2 Å². The summed E-state index contributed by atoms with van der Waals surface area (Å²) in [5.74, 6) is 1.57. The zero-order valence-electron chi connectivity index (χ0n) is 17.6. The van der Waals surface area contributed by atoms with E-state index in [4.69, 9.17) is 14.2 Å². The summed E-state index contributed by atoms with van der Waals surface area (Å²) >= 11 is 1.53. The SMILES string of the molecule is COc1cc(/C=C2\SC(c3ccccc3)N(c3ccccc3)C2=O)cc(OC)c1OC. The van der Waals surface area contributed by atoms with Crippen molar-refractivity contribution in [3.8, 4) is 17.2 Å². The van der Waals surface area contributed by atoms with E-state index in [2.05, 4.69) is 0 Å². The van der Waals surface area contributed by atoms with Crippen LogP contribution in [0.3, 0.4) is 0 Å². The van der Waals surface area contributed by atoms with E-state index in [1.165, 1.54) is 11.8 Å². The molecular formula is C25H23NO4S. The number of ether oxygens (including phenoxy) is 3. The molecule has 158 valence electrons. The van der Waals surface area contributed by atoms with E-state index in [1.54, 1.807) is 21.3 Å². The first kappa shape index (κ1) is 20.9. The number of benzene rings is 3. The number of rotatable bonds is 6. The van der Waals surface area contributed by atoms with Crippen molar-refractivity contribution in [3.63, 3.8) is 0 Å². The average molecular weight is 434 g/mol. The van der Waals surface area contributed by atoms with E-state index in [0.717, 1.165) is 16.8 Å². The largest absolute Gasteiger partial charge is 0.493 e. The predicted molar refractivity (Wildman–Crippen MR) is 125 cm³/mol. The van der Waals surface area contributed by atoms with Gasteiger partial charge < -0.3 is 14.2 Å². The second-order valence-electron chi connectivity index (χ2n) is 6.86. The Kier molecular flexibility index (Phi) is 6.18. The first-order chi connectivity index (χ1) is 15.2. The molecule has 1 heterocycles. The van der Waals surface area contributed by atoms with Crippen LogP contribution in [0.4, 0.5) is 5.69 Å². The molecule has 1 aliphatic heterocycles. The Morgan fingerprint density at radius 2 is 1.42 bits per heavy atom. The number of hydrogen-bond donors (Lipinski definition) is 0. The molecule has 0 N–H and O–H groups in total. The van der Waals surface area contributed by atoms with E-state index in [1.807, 2.05) is 83.8 Å². The van der Waals surface area contributed by atoms with Crippen molar-refractivity contribution in [3.05, 3.63) is 88.8 Å². The topological polar surface area (TPSA) is 48.0 Å². The van der Waals surface area contributed by atoms with Crippen LogP contribution in [-0.4, -0.2) is 27.2 Å². The van der Waals surface area contributed by atoms with Gasteiger partial charge in [0.15, 0.2) is 11.5 Å². The van der Waals surface area contributed by atoms with E-state index >= 15 is 0 Å². The highest BCUT2D eigenvalue weighted by molar-refractivity contribution is 8.05. The van der Waals surface area contributed by atoms with Crippen molar-refractivity contribution in [1.82, 2.24) is 0 Å². The third kappa shape index (κ3) is 4.11. The number of nitrogens with zero attached hydrogens (tertiary/aromatic N) is 1. The monoisotopic (exact) mass is 433 g/mol. The van der Waals surface area contributed by atoms with Crippen molar-refractivity contribution in [1.29, 1.82) is 0 Å². The Morgan fingerprint density at radius 1 is 0.839 bits per heavy atom. The molecular weight excluding hydrogens is 410 g/mol. The molecule has 1 fully saturated rings. The van der Waals surface area contributed by atoms with Gasteiger partial charge in [-0.05, 0) is 41.5 Å². The van der Waals surface area contributed by atoms with Crippen LogP contribution >= 0.6 is 11.8 Å². The maximum Gasteiger partial charge on any atom is 0.266 e. The van der Waals surface area contributed by atoms with Crippen LogP contribution in [0.5, 0.6) is 17.2 Å². The summed E-state index contributed by atoms with van der Waals surface area (Å²) in [5.41, 5.74) is 2.73. The second kappa shape index (κ2) is 9.18. The Morgan fingerprint density at radius 3 is 1.97 bits per heavy atom. The highest BCUT2D eigenvalue weighted by atomic mass is 32.2. The van der Waals surface area contributed by atoms with Crippen molar-refractivity contribution in [2.45, 2.75) is 5.37 Å². The van der Waals surface area contributed by atoms with Crippen LogP contribution in [0, 0.1) is 0 Å². The summed E-state index contributed by atoms with van der Waals surface area (Å²) in [6, 6.07) is 23.5. The van der Waals surface area contributed by atoms with Gasteiger partial charge in [0.2, 0.25) is 5.75 Å². The molecule has 0 aliphatic carbocycles. The molecule has 5 nitrogen and oxygen atoms in total. The average Bonchev–Trinajstić information content (AvgIpc) is 3.15. The number of thioether (sulfide) groups is 1. The number of carbonyl (C=O) groups excluding carboxylic acids is 1. The van der Waals surface area contributed by atoms with E-state index in [-0.39, 0.29) is 11.3 Å². The highest BCUT2D eigenvalue weighted by Crippen LogP contribution is 2.49. The fourth-order valence-electron chi connectivity index (χ4n) is 3.56. The number of para-hydroxylation sites is 1. The van der Waals surface area contributed by atoms with Crippen LogP contribution < -0.4 is 19.1 Å². The summed E-state index contributed by atoms with van der Waals surface area (Å²) in [6.07, 6.45) is 1.87. The first-order valence-electron chi connectivity index (χ1n) is 9.78. The molecule has 1 unspecified atom stereocenters. The van der Waals surface area contributed by atoms with Crippen LogP contribution in [0.15, 0.2) is 77.7 Å². The molecule has 0 saturated carbocycles. The third-order valence-corrected chi connectivity index (χ3v) is 6.26. The Labute approximate surface area is 186 Å². The molecule has 0 radical (unpaired) electrons. The molecule has 3 aromatic rings. The fraction of sp³-hybridized carbons (Fsp3) is 0.160. The molecule has 3 aromatic carbocycles. The van der Waals surface area contributed by atoms with E-state index < -0.39 is 0 Å². The fourth-order valence-corrected chi connectivity index (χ4v) is 4.82. The van der Waals surface area contributed by atoms with Crippen molar-refractivity contribution < 1.29 is 19.0 Å².